The number of thiazole rings is 1. The largest absolute Gasteiger partial charge is 0.375 e. The lowest BCUT2D eigenvalue weighted by molar-refractivity contribution is 0.567. The van der Waals surface area contributed by atoms with E-state index in [4.69, 9.17) is 5.73 Å². The smallest absolute Gasteiger partial charge is 0.180 e. The van der Waals surface area contributed by atoms with Crippen molar-refractivity contribution in [2.24, 2.45) is 0 Å². The third kappa shape index (κ3) is 1.78. The van der Waals surface area contributed by atoms with Gasteiger partial charge in [0, 0.05) is 10.3 Å². The van der Waals surface area contributed by atoms with Gasteiger partial charge in [-0.3, -0.25) is 0 Å². The standard InChI is InChI=1S/C9H16N2S/c1-5-6-7(9(2,3)4)11-8(10)12-6/h5H2,1-4H3,(H2,10,11). The zero-order valence-corrected chi connectivity index (χ0v) is 8.96. The summed E-state index contributed by atoms with van der Waals surface area (Å²) in [5, 5.41) is 0.691. The van der Waals surface area contributed by atoms with E-state index in [2.05, 4.69) is 32.7 Å². The van der Waals surface area contributed by atoms with E-state index in [0.29, 0.717) is 5.13 Å². The molecule has 0 aliphatic rings. The van der Waals surface area contributed by atoms with Gasteiger partial charge in [0.05, 0.1) is 5.69 Å². The van der Waals surface area contributed by atoms with Crippen molar-refractivity contribution < 1.29 is 0 Å². The summed E-state index contributed by atoms with van der Waals surface area (Å²) in [7, 11) is 0. The maximum absolute atomic E-state index is 5.66. The van der Waals surface area contributed by atoms with Crippen molar-refractivity contribution in [3.63, 3.8) is 0 Å². The van der Waals surface area contributed by atoms with Crippen LogP contribution in [0.5, 0.6) is 0 Å². The number of nitrogens with two attached hydrogens (primary N) is 1. The minimum Gasteiger partial charge on any atom is -0.375 e. The first kappa shape index (κ1) is 9.52. The van der Waals surface area contributed by atoms with Crippen LogP contribution in [-0.4, -0.2) is 4.98 Å². The van der Waals surface area contributed by atoms with Crippen LogP contribution in [0.1, 0.15) is 38.3 Å². The zero-order chi connectivity index (χ0) is 9.35. The molecule has 0 aliphatic carbocycles. The van der Waals surface area contributed by atoms with Gasteiger partial charge in [0.25, 0.3) is 0 Å². The molecule has 1 heterocycles. The lowest BCUT2D eigenvalue weighted by Crippen LogP contribution is -2.13. The van der Waals surface area contributed by atoms with Crippen LogP contribution in [0, 0.1) is 0 Å². The molecule has 0 atom stereocenters. The van der Waals surface area contributed by atoms with E-state index in [1.165, 1.54) is 4.88 Å². The van der Waals surface area contributed by atoms with Crippen LogP contribution in [0.3, 0.4) is 0 Å². The second kappa shape index (κ2) is 3.05. The van der Waals surface area contributed by atoms with Crippen molar-refractivity contribution in [1.82, 2.24) is 4.98 Å². The summed E-state index contributed by atoms with van der Waals surface area (Å²) < 4.78 is 0. The Morgan fingerprint density at radius 3 is 2.33 bits per heavy atom. The maximum atomic E-state index is 5.66. The number of nitrogen functional groups attached to an aromatic ring is 1. The molecule has 12 heavy (non-hydrogen) atoms. The van der Waals surface area contributed by atoms with Crippen molar-refractivity contribution in [2.75, 3.05) is 5.73 Å². The Balaban J connectivity index is 3.13. The van der Waals surface area contributed by atoms with Crippen LogP contribution in [0.25, 0.3) is 0 Å². The summed E-state index contributed by atoms with van der Waals surface area (Å²) in [5.41, 5.74) is 6.94. The number of nitrogens with zero attached hydrogens (tertiary/aromatic N) is 1. The lowest BCUT2D eigenvalue weighted by Gasteiger charge is -2.16. The van der Waals surface area contributed by atoms with Gasteiger partial charge in [-0.25, -0.2) is 4.98 Å². The van der Waals surface area contributed by atoms with Gasteiger partial charge in [-0.15, -0.1) is 11.3 Å². The first-order valence-corrected chi connectivity index (χ1v) is 5.02. The van der Waals surface area contributed by atoms with Gasteiger partial charge in [0.2, 0.25) is 0 Å². The molecule has 0 amide bonds. The summed E-state index contributed by atoms with van der Waals surface area (Å²) in [5.74, 6) is 0. The summed E-state index contributed by atoms with van der Waals surface area (Å²) >= 11 is 1.61. The zero-order valence-electron chi connectivity index (χ0n) is 8.14. The molecule has 68 valence electrons. The molecule has 0 spiro atoms. The van der Waals surface area contributed by atoms with Gasteiger partial charge < -0.3 is 5.73 Å². The Labute approximate surface area is 77.8 Å². The molecule has 0 radical (unpaired) electrons. The highest BCUT2D eigenvalue weighted by atomic mass is 32.1. The monoisotopic (exact) mass is 184 g/mol. The fraction of sp³-hybridized carbons (Fsp3) is 0.667. The van der Waals surface area contributed by atoms with Gasteiger partial charge in [0.15, 0.2) is 5.13 Å². The fourth-order valence-corrected chi connectivity index (χ4v) is 2.18. The molecule has 3 heteroatoms. The number of hydrogen-bond acceptors (Lipinski definition) is 3. The van der Waals surface area contributed by atoms with Crippen LogP contribution in [0.2, 0.25) is 0 Å². The third-order valence-corrected chi connectivity index (χ3v) is 2.77. The summed E-state index contributed by atoms with van der Waals surface area (Å²) in [6, 6.07) is 0. The normalized spacial score (nSPS) is 12.0. The molecule has 1 aromatic heterocycles. The molecule has 2 N–H and O–H groups in total. The van der Waals surface area contributed by atoms with Crippen LogP contribution < -0.4 is 5.73 Å². The van der Waals surface area contributed by atoms with Gasteiger partial charge in [-0.05, 0) is 6.42 Å². The van der Waals surface area contributed by atoms with Crippen LogP contribution in [0.15, 0.2) is 0 Å². The second-order valence-electron chi connectivity index (χ2n) is 3.93. The molecule has 0 aliphatic heterocycles. The van der Waals surface area contributed by atoms with Crippen molar-refractivity contribution in [3.05, 3.63) is 10.6 Å². The van der Waals surface area contributed by atoms with E-state index in [-0.39, 0.29) is 5.41 Å². The van der Waals surface area contributed by atoms with Gasteiger partial charge in [0.1, 0.15) is 0 Å². The average molecular weight is 184 g/mol. The van der Waals surface area contributed by atoms with E-state index >= 15 is 0 Å². The number of anilines is 1. The maximum Gasteiger partial charge on any atom is 0.180 e. The quantitative estimate of drug-likeness (QED) is 0.728. The van der Waals surface area contributed by atoms with Gasteiger partial charge in [-0.2, -0.15) is 0 Å². The number of aromatic nitrogens is 1. The Morgan fingerprint density at radius 2 is 2.00 bits per heavy atom. The molecular weight excluding hydrogens is 168 g/mol. The summed E-state index contributed by atoms with van der Waals surface area (Å²) in [6.07, 6.45) is 1.03. The molecule has 2 nitrogen and oxygen atoms in total. The van der Waals surface area contributed by atoms with Crippen LogP contribution in [-0.2, 0) is 11.8 Å². The summed E-state index contributed by atoms with van der Waals surface area (Å²) in [4.78, 5) is 5.67. The SMILES string of the molecule is CCc1sc(N)nc1C(C)(C)C. The number of rotatable bonds is 1. The Kier molecular flexibility index (Phi) is 2.42. The average Bonchev–Trinajstić information content (AvgIpc) is 2.29. The second-order valence-corrected chi connectivity index (χ2v) is 5.04. The third-order valence-electron chi connectivity index (χ3n) is 1.75. The minimum atomic E-state index is 0.124. The Hall–Kier alpha value is -0.570. The van der Waals surface area contributed by atoms with E-state index in [0.717, 1.165) is 12.1 Å². The van der Waals surface area contributed by atoms with Crippen molar-refractivity contribution in [2.45, 2.75) is 39.5 Å². The highest BCUT2D eigenvalue weighted by Crippen LogP contribution is 2.30. The molecule has 0 aromatic carbocycles. The molecule has 0 bridgehead atoms. The van der Waals surface area contributed by atoms with Crippen LogP contribution >= 0.6 is 11.3 Å². The Bertz CT molecular complexity index is 271. The van der Waals surface area contributed by atoms with E-state index in [1.54, 1.807) is 11.3 Å². The highest BCUT2D eigenvalue weighted by Gasteiger charge is 2.21. The molecule has 1 rings (SSSR count). The predicted octanol–water partition coefficient (Wildman–Crippen LogP) is 2.59. The van der Waals surface area contributed by atoms with E-state index in [9.17, 15) is 0 Å². The molecule has 0 fully saturated rings. The first-order valence-electron chi connectivity index (χ1n) is 4.20. The number of aryl methyl sites for hydroxylation is 1. The first-order chi connectivity index (χ1) is 5.45. The van der Waals surface area contributed by atoms with E-state index < -0.39 is 0 Å². The van der Waals surface area contributed by atoms with Crippen molar-refractivity contribution in [1.29, 1.82) is 0 Å². The molecule has 1 aromatic rings. The minimum absolute atomic E-state index is 0.124. The number of hydrogen-bond donors (Lipinski definition) is 1. The fourth-order valence-electron chi connectivity index (χ4n) is 1.20. The van der Waals surface area contributed by atoms with Crippen molar-refractivity contribution in [3.8, 4) is 0 Å². The summed E-state index contributed by atoms with van der Waals surface area (Å²) in [6.45, 7) is 8.64. The van der Waals surface area contributed by atoms with E-state index in [1.807, 2.05) is 0 Å². The highest BCUT2D eigenvalue weighted by molar-refractivity contribution is 7.15. The molecule has 0 saturated heterocycles. The van der Waals surface area contributed by atoms with Gasteiger partial charge >= 0.3 is 0 Å². The van der Waals surface area contributed by atoms with Crippen molar-refractivity contribution >= 4 is 16.5 Å². The molecular formula is C9H16N2S. The molecule has 0 saturated carbocycles. The van der Waals surface area contributed by atoms with Crippen LogP contribution in [0.4, 0.5) is 5.13 Å². The Morgan fingerprint density at radius 1 is 1.42 bits per heavy atom. The predicted molar refractivity (Wildman–Crippen MR) is 54.6 cm³/mol. The molecule has 0 unspecified atom stereocenters. The van der Waals surface area contributed by atoms with Gasteiger partial charge in [-0.1, -0.05) is 27.7 Å². The topological polar surface area (TPSA) is 38.9 Å². The lowest BCUT2D eigenvalue weighted by atomic mass is 9.91.